The molecule has 0 saturated carbocycles. The first-order chi connectivity index (χ1) is 8.85. The van der Waals surface area contributed by atoms with Crippen molar-refractivity contribution in [1.82, 2.24) is 4.98 Å². The van der Waals surface area contributed by atoms with Gasteiger partial charge >= 0.3 is 6.09 Å². The van der Waals surface area contributed by atoms with Crippen LogP contribution in [0.1, 0.15) is 33.4 Å². The number of carbonyl (C=O) groups excluding carboxylic acids is 1. The maximum absolute atomic E-state index is 11.8. The van der Waals surface area contributed by atoms with Crippen LogP contribution in [0, 0.1) is 0 Å². The summed E-state index contributed by atoms with van der Waals surface area (Å²) in [6.45, 7) is 7.81. The van der Waals surface area contributed by atoms with Crippen molar-refractivity contribution in [2.24, 2.45) is 0 Å². The second kappa shape index (κ2) is 6.75. The van der Waals surface area contributed by atoms with E-state index in [1.807, 2.05) is 27.7 Å². The zero-order valence-electron chi connectivity index (χ0n) is 11.6. The van der Waals surface area contributed by atoms with Crippen molar-refractivity contribution in [3.8, 4) is 5.75 Å². The molecule has 0 aliphatic carbocycles. The molecule has 0 spiro atoms. The molecule has 0 aliphatic rings. The third-order valence-corrected chi connectivity index (χ3v) is 2.57. The van der Waals surface area contributed by atoms with Gasteiger partial charge in [0.05, 0.1) is 24.2 Å². The first-order valence-corrected chi connectivity index (χ1v) is 7.15. The second-order valence-electron chi connectivity index (χ2n) is 4.87. The van der Waals surface area contributed by atoms with Gasteiger partial charge in [-0.1, -0.05) is 15.9 Å². The Kier molecular flexibility index (Phi) is 5.60. The average Bonchev–Trinajstić information content (AvgIpc) is 2.29. The van der Waals surface area contributed by atoms with Gasteiger partial charge in [-0.15, -0.1) is 0 Å². The van der Waals surface area contributed by atoms with Crippen molar-refractivity contribution in [2.75, 3.05) is 11.9 Å². The normalized spacial score (nSPS) is 11.0. The lowest BCUT2D eigenvalue weighted by atomic mass is 10.2. The Hall–Kier alpha value is -1.30. The molecule has 0 fully saturated rings. The van der Waals surface area contributed by atoms with Crippen LogP contribution in [0.3, 0.4) is 0 Å². The summed E-state index contributed by atoms with van der Waals surface area (Å²) in [5.74, 6) is 0.526. The molecule has 0 atom stereocenters. The largest absolute Gasteiger partial charge is 0.490 e. The smallest absolute Gasteiger partial charge is 0.412 e. The lowest BCUT2D eigenvalue weighted by molar-refractivity contribution is 0.0635. The molecule has 5 nitrogen and oxygen atoms in total. The van der Waals surface area contributed by atoms with E-state index in [0.29, 0.717) is 23.4 Å². The molecule has 0 bridgehead atoms. The summed E-state index contributed by atoms with van der Waals surface area (Å²) in [6, 6.07) is 1.75. The van der Waals surface area contributed by atoms with E-state index in [-0.39, 0.29) is 0 Å². The quantitative estimate of drug-likeness (QED) is 0.854. The summed E-state index contributed by atoms with van der Waals surface area (Å²) in [4.78, 5) is 16.0. The lowest BCUT2D eigenvalue weighted by Gasteiger charge is -2.20. The maximum Gasteiger partial charge on any atom is 0.412 e. The minimum absolute atomic E-state index is 0.498. The van der Waals surface area contributed by atoms with Gasteiger partial charge in [0.15, 0.2) is 5.75 Å². The molecular formula is C13H19BrN2O3. The molecule has 1 aromatic rings. The molecule has 106 valence electrons. The highest BCUT2D eigenvalue weighted by Crippen LogP contribution is 2.25. The van der Waals surface area contributed by atoms with Crippen LogP contribution in [0.25, 0.3) is 0 Å². The van der Waals surface area contributed by atoms with Crippen LogP contribution in [-0.4, -0.2) is 23.3 Å². The zero-order valence-corrected chi connectivity index (χ0v) is 13.2. The van der Waals surface area contributed by atoms with Crippen molar-refractivity contribution < 1.29 is 14.3 Å². The summed E-state index contributed by atoms with van der Waals surface area (Å²) in [7, 11) is 0. The van der Waals surface area contributed by atoms with Gasteiger partial charge in [0.1, 0.15) is 5.60 Å². The SMILES string of the molecule is CCOc1cnc(CBr)cc1NC(=O)OC(C)(C)C. The number of amides is 1. The lowest BCUT2D eigenvalue weighted by Crippen LogP contribution is -2.27. The highest BCUT2D eigenvalue weighted by molar-refractivity contribution is 9.08. The molecule has 1 heterocycles. The molecule has 0 unspecified atom stereocenters. The van der Waals surface area contributed by atoms with Gasteiger partial charge < -0.3 is 9.47 Å². The standard InChI is InChI=1S/C13H19BrN2O3/c1-5-18-11-8-15-9(7-14)6-10(11)16-12(17)19-13(2,3)4/h6,8H,5,7H2,1-4H3,(H,15,16,17). The first-order valence-electron chi connectivity index (χ1n) is 6.03. The Bertz CT molecular complexity index is 444. The van der Waals surface area contributed by atoms with Gasteiger partial charge in [0.25, 0.3) is 0 Å². The highest BCUT2D eigenvalue weighted by Gasteiger charge is 2.18. The maximum atomic E-state index is 11.8. The molecule has 1 amide bonds. The molecule has 1 N–H and O–H groups in total. The minimum atomic E-state index is -0.541. The second-order valence-corrected chi connectivity index (χ2v) is 5.43. The molecule has 19 heavy (non-hydrogen) atoms. The summed E-state index contributed by atoms with van der Waals surface area (Å²) >= 11 is 3.32. The van der Waals surface area contributed by atoms with Gasteiger partial charge in [0.2, 0.25) is 0 Å². The fraction of sp³-hybridized carbons (Fsp3) is 0.538. The third-order valence-electron chi connectivity index (χ3n) is 2.00. The topological polar surface area (TPSA) is 60.5 Å². The van der Waals surface area contributed by atoms with Crippen LogP contribution in [0.5, 0.6) is 5.75 Å². The monoisotopic (exact) mass is 330 g/mol. The highest BCUT2D eigenvalue weighted by atomic mass is 79.9. The minimum Gasteiger partial charge on any atom is -0.490 e. The summed E-state index contributed by atoms with van der Waals surface area (Å²) in [5.41, 5.74) is 0.816. The Labute approximate surface area is 121 Å². The fourth-order valence-electron chi connectivity index (χ4n) is 1.34. The molecule has 0 radical (unpaired) electrons. The van der Waals surface area contributed by atoms with E-state index in [1.165, 1.54) is 0 Å². The fourth-order valence-corrected chi connectivity index (χ4v) is 1.65. The number of alkyl halides is 1. The van der Waals surface area contributed by atoms with Crippen molar-refractivity contribution in [3.63, 3.8) is 0 Å². The van der Waals surface area contributed by atoms with Crippen LogP contribution in [0.4, 0.5) is 10.5 Å². The van der Waals surface area contributed by atoms with E-state index >= 15 is 0 Å². The molecule has 0 aliphatic heterocycles. The molecular weight excluding hydrogens is 312 g/mol. The molecule has 0 saturated heterocycles. The number of hydrogen-bond acceptors (Lipinski definition) is 4. The van der Waals surface area contributed by atoms with E-state index in [9.17, 15) is 4.79 Å². The molecule has 1 rings (SSSR count). The van der Waals surface area contributed by atoms with Crippen LogP contribution in [0.15, 0.2) is 12.3 Å². The van der Waals surface area contributed by atoms with Crippen molar-refractivity contribution in [2.45, 2.75) is 38.6 Å². The van der Waals surface area contributed by atoms with Crippen molar-refractivity contribution in [3.05, 3.63) is 18.0 Å². The van der Waals surface area contributed by atoms with Gasteiger partial charge in [-0.05, 0) is 33.8 Å². The zero-order chi connectivity index (χ0) is 14.5. The number of pyridine rings is 1. The van der Waals surface area contributed by atoms with E-state index in [4.69, 9.17) is 9.47 Å². The number of nitrogens with one attached hydrogen (secondary N) is 1. The van der Waals surface area contributed by atoms with E-state index < -0.39 is 11.7 Å². The van der Waals surface area contributed by atoms with Crippen LogP contribution >= 0.6 is 15.9 Å². The van der Waals surface area contributed by atoms with Crippen LogP contribution < -0.4 is 10.1 Å². The Morgan fingerprint density at radius 1 is 1.47 bits per heavy atom. The van der Waals surface area contributed by atoms with E-state index in [1.54, 1.807) is 12.3 Å². The molecule has 1 aromatic heterocycles. The van der Waals surface area contributed by atoms with Crippen LogP contribution in [-0.2, 0) is 10.1 Å². The third kappa shape index (κ3) is 5.46. The average molecular weight is 331 g/mol. The molecule has 0 aromatic carbocycles. The number of hydrogen-bond donors (Lipinski definition) is 1. The molecule has 6 heteroatoms. The number of aromatic nitrogens is 1. The predicted octanol–water partition coefficient (Wildman–Crippen LogP) is 3.72. The summed E-state index contributed by atoms with van der Waals surface area (Å²) in [6.07, 6.45) is 1.08. The number of ether oxygens (including phenoxy) is 2. The Morgan fingerprint density at radius 2 is 2.16 bits per heavy atom. The number of nitrogens with zero attached hydrogens (tertiary/aromatic N) is 1. The van der Waals surface area contributed by atoms with Crippen molar-refractivity contribution in [1.29, 1.82) is 0 Å². The summed E-state index contributed by atoms with van der Waals surface area (Å²) < 4.78 is 10.6. The number of halogens is 1. The predicted molar refractivity (Wildman–Crippen MR) is 77.9 cm³/mol. The Morgan fingerprint density at radius 3 is 2.68 bits per heavy atom. The van der Waals surface area contributed by atoms with Gasteiger partial charge in [-0.25, -0.2) is 4.79 Å². The van der Waals surface area contributed by atoms with E-state index in [2.05, 4.69) is 26.2 Å². The van der Waals surface area contributed by atoms with Gasteiger partial charge in [-0.2, -0.15) is 0 Å². The Balaban J connectivity index is 2.87. The number of rotatable bonds is 4. The van der Waals surface area contributed by atoms with Gasteiger partial charge in [-0.3, -0.25) is 10.3 Å². The summed E-state index contributed by atoms with van der Waals surface area (Å²) in [5, 5.41) is 3.28. The van der Waals surface area contributed by atoms with Gasteiger partial charge in [0, 0.05) is 5.33 Å². The number of carbonyl (C=O) groups is 1. The van der Waals surface area contributed by atoms with E-state index in [0.717, 1.165) is 5.69 Å². The van der Waals surface area contributed by atoms with Crippen LogP contribution in [0.2, 0.25) is 0 Å². The number of anilines is 1. The first kappa shape index (κ1) is 15.8. The van der Waals surface area contributed by atoms with Crippen molar-refractivity contribution >= 4 is 27.7 Å².